The maximum Gasteiger partial charge on any atom is 0.433 e. The highest BCUT2D eigenvalue weighted by Crippen LogP contribution is 2.31. The molecule has 5 nitrogen and oxygen atoms in total. The molecule has 2 aromatic rings. The van der Waals surface area contributed by atoms with Crippen LogP contribution in [0.3, 0.4) is 0 Å². The largest absolute Gasteiger partial charge is 0.433 e. The second-order valence-electron chi connectivity index (χ2n) is 3.85. The van der Waals surface area contributed by atoms with E-state index in [1.54, 1.807) is 18.2 Å². The highest BCUT2D eigenvalue weighted by molar-refractivity contribution is 14.1. The van der Waals surface area contributed by atoms with Crippen LogP contribution in [0.2, 0.25) is 5.02 Å². The van der Waals surface area contributed by atoms with Crippen molar-refractivity contribution in [3.8, 4) is 0 Å². The Hall–Kier alpha value is -1.33. The Kier molecular flexibility index (Phi) is 4.74. The van der Waals surface area contributed by atoms with E-state index < -0.39 is 11.9 Å². The maximum absolute atomic E-state index is 12.7. The second kappa shape index (κ2) is 6.20. The molecule has 0 bridgehead atoms. The zero-order valence-electron chi connectivity index (χ0n) is 10.2. The molecule has 0 atom stereocenters. The third-order valence-electron chi connectivity index (χ3n) is 2.34. The fourth-order valence-electron chi connectivity index (χ4n) is 1.45. The molecule has 0 aliphatic rings. The topological polar surface area (TPSA) is 75.9 Å². The number of halogens is 5. The number of alkyl halides is 3. The molecule has 0 saturated heterocycles. The quantitative estimate of drug-likeness (QED) is 0.393. The van der Waals surface area contributed by atoms with Gasteiger partial charge in [0.05, 0.1) is 10.7 Å². The van der Waals surface area contributed by atoms with E-state index in [4.69, 9.17) is 17.4 Å². The number of rotatable bonds is 3. The predicted octanol–water partition coefficient (Wildman–Crippen LogP) is 3.78. The van der Waals surface area contributed by atoms with E-state index in [0.29, 0.717) is 10.7 Å². The minimum atomic E-state index is -4.61. The summed E-state index contributed by atoms with van der Waals surface area (Å²) in [4.78, 5) is 7.06. The van der Waals surface area contributed by atoms with Crippen LogP contribution < -0.4 is 16.6 Å². The first-order valence-corrected chi connectivity index (χ1v) is 6.90. The number of aromatic nitrogens is 2. The molecule has 0 saturated carbocycles. The Morgan fingerprint density at radius 2 is 1.90 bits per heavy atom. The fraction of sp³-hybridized carbons (Fsp3) is 0.0909. The number of nitrogens with zero attached hydrogens (tertiary/aromatic N) is 2. The number of hydrogen-bond acceptors (Lipinski definition) is 5. The molecule has 0 radical (unpaired) electrons. The van der Waals surface area contributed by atoms with Gasteiger partial charge in [-0.25, -0.2) is 10.8 Å². The van der Waals surface area contributed by atoms with Crippen LogP contribution in [-0.4, -0.2) is 9.97 Å². The minimum absolute atomic E-state index is 0.0756. The van der Waals surface area contributed by atoms with Crippen molar-refractivity contribution in [3.63, 3.8) is 0 Å². The van der Waals surface area contributed by atoms with Gasteiger partial charge in [0, 0.05) is 9.64 Å². The van der Waals surface area contributed by atoms with E-state index in [1.165, 1.54) is 0 Å². The molecule has 112 valence electrons. The van der Waals surface area contributed by atoms with Crippen molar-refractivity contribution in [3.05, 3.63) is 38.6 Å². The molecular weight excluding hydrogens is 422 g/mol. The number of hydrogen-bond donors (Lipinski definition) is 3. The van der Waals surface area contributed by atoms with E-state index in [0.717, 1.165) is 9.64 Å². The lowest BCUT2D eigenvalue weighted by Crippen LogP contribution is -2.16. The van der Waals surface area contributed by atoms with Crippen molar-refractivity contribution in [2.75, 3.05) is 10.7 Å². The van der Waals surface area contributed by atoms with Crippen molar-refractivity contribution in [1.29, 1.82) is 0 Å². The first-order valence-electron chi connectivity index (χ1n) is 5.44. The summed E-state index contributed by atoms with van der Waals surface area (Å²) in [6.45, 7) is 0. The molecular formula is C11H8ClF3IN5. The number of nitrogens with one attached hydrogen (secondary N) is 2. The van der Waals surface area contributed by atoms with Crippen molar-refractivity contribution in [1.82, 2.24) is 9.97 Å². The van der Waals surface area contributed by atoms with Crippen molar-refractivity contribution < 1.29 is 13.2 Å². The van der Waals surface area contributed by atoms with Crippen LogP contribution in [0.1, 0.15) is 5.69 Å². The maximum atomic E-state index is 12.7. The average Bonchev–Trinajstić information content (AvgIpc) is 2.40. The smallest absolute Gasteiger partial charge is 0.339 e. The van der Waals surface area contributed by atoms with Crippen LogP contribution >= 0.6 is 34.2 Å². The summed E-state index contributed by atoms with van der Waals surface area (Å²) in [5, 5.41) is 3.06. The van der Waals surface area contributed by atoms with Gasteiger partial charge in [0.2, 0.25) is 5.95 Å². The molecule has 21 heavy (non-hydrogen) atoms. The van der Waals surface area contributed by atoms with Gasteiger partial charge < -0.3 is 5.32 Å². The summed E-state index contributed by atoms with van der Waals surface area (Å²) in [7, 11) is 0. The van der Waals surface area contributed by atoms with Gasteiger partial charge in [-0.2, -0.15) is 18.2 Å². The van der Waals surface area contributed by atoms with Gasteiger partial charge in [0.15, 0.2) is 5.69 Å². The summed E-state index contributed by atoms with van der Waals surface area (Å²) in [6, 6.07) is 5.82. The van der Waals surface area contributed by atoms with E-state index >= 15 is 0 Å². The average molecular weight is 430 g/mol. The number of hydrazine groups is 1. The standard InChI is InChI=1S/C11H8ClF3IN5/c12-6-3-5(16)1-2-7(6)18-9-4-8(11(13,14)15)19-10(20-9)21-17/h1-4H,17H2,(H2,18,19,20,21). The number of nitrogen functional groups attached to an aromatic ring is 1. The molecule has 0 unspecified atom stereocenters. The lowest BCUT2D eigenvalue weighted by Gasteiger charge is -2.12. The van der Waals surface area contributed by atoms with Gasteiger partial charge >= 0.3 is 6.18 Å². The van der Waals surface area contributed by atoms with Crippen LogP contribution in [0, 0.1) is 3.57 Å². The molecule has 0 fully saturated rings. The number of anilines is 3. The Balaban J connectivity index is 2.39. The van der Waals surface area contributed by atoms with Gasteiger partial charge in [0.25, 0.3) is 0 Å². The summed E-state index contributed by atoms with van der Waals surface area (Å²) >= 11 is 8.08. The Labute approximate surface area is 136 Å². The van der Waals surface area contributed by atoms with E-state index in [1.807, 2.05) is 5.43 Å². The number of benzene rings is 1. The van der Waals surface area contributed by atoms with Crippen LogP contribution in [0.5, 0.6) is 0 Å². The molecule has 10 heteroatoms. The summed E-state index contributed by atoms with van der Waals surface area (Å²) in [5.74, 6) is 4.65. The monoisotopic (exact) mass is 429 g/mol. The Morgan fingerprint density at radius 3 is 2.48 bits per heavy atom. The molecule has 0 aliphatic carbocycles. The second-order valence-corrected chi connectivity index (χ2v) is 5.51. The third kappa shape index (κ3) is 4.08. The highest BCUT2D eigenvalue weighted by Gasteiger charge is 2.33. The van der Waals surface area contributed by atoms with Crippen LogP contribution in [0.25, 0.3) is 0 Å². The zero-order chi connectivity index (χ0) is 15.6. The minimum Gasteiger partial charge on any atom is -0.339 e. The third-order valence-corrected chi connectivity index (χ3v) is 3.32. The summed E-state index contributed by atoms with van der Waals surface area (Å²) < 4.78 is 39.1. The van der Waals surface area contributed by atoms with Crippen LogP contribution in [0.15, 0.2) is 24.3 Å². The van der Waals surface area contributed by atoms with Gasteiger partial charge in [0.1, 0.15) is 5.82 Å². The molecule has 0 amide bonds. The van der Waals surface area contributed by atoms with Gasteiger partial charge in [-0.1, -0.05) is 11.6 Å². The van der Waals surface area contributed by atoms with Gasteiger partial charge in [-0.15, -0.1) is 0 Å². The Morgan fingerprint density at radius 1 is 1.19 bits per heavy atom. The van der Waals surface area contributed by atoms with Crippen molar-refractivity contribution in [2.24, 2.45) is 5.84 Å². The fourth-order valence-corrected chi connectivity index (χ4v) is 2.35. The van der Waals surface area contributed by atoms with E-state index in [9.17, 15) is 13.2 Å². The zero-order valence-corrected chi connectivity index (χ0v) is 13.1. The molecule has 0 spiro atoms. The van der Waals surface area contributed by atoms with Gasteiger partial charge in [-0.3, -0.25) is 5.43 Å². The lowest BCUT2D eigenvalue weighted by molar-refractivity contribution is -0.141. The molecule has 1 heterocycles. The molecule has 0 aliphatic heterocycles. The van der Waals surface area contributed by atoms with Crippen LogP contribution in [-0.2, 0) is 6.18 Å². The SMILES string of the molecule is NNc1nc(Nc2ccc(I)cc2Cl)cc(C(F)(F)F)n1. The van der Waals surface area contributed by atoms with Crippen molar-refractivity contribution in [2.45, 2.75) is 6.18 Å². The van der Waals surface area contributed by atoms with Crippen LogP contribution in [0.4, 0.5) is 30.6 Å². The molecule has 1 aromatic carbocycles. The molecule has 1 aromatic heterocycles. The Bertz CT molecular complexity index is 665. The van der Waals surface area contributed by atoms with Gasteiger partial charge in [-0.05, 0) is 40.8 Å². The van der Waals surface area contributed by atoms with Crippen molar-refractivity contribution >= 4 is 51.6 Å². The summed E-state index contributed by atoms with van der Waals surface area (Å²) in [6.07, 6.45) is -4.61. The predicted molar refractivity (Wildman–Crippen MR) is 82.3 cm³/mol. The first-order chi connectivity index (χ1) is 9.79. The normalized spacial score (nSPS) is 11.3. The van der Waals surface area contributed by atoms with E-state index in [2.05, 4.69) is 37.9 Å². The first kappa shape index (κ1) is 16.0. The molecule has 2 rings (SSSR count). The molecule has 4 N–H and O–H groups in total. The summed E-state index contributed by atoms with van der Waals surface area (Å²) in [5.41, 5.74) is 1.30. The lowest BCUT2D eigenvalue weighted by atomic mass is 10.3. The number of nitrogens with two attached hydrogens (primary N) is 1. The van der Waals surface area contributed by atoms with E-state index in [-0.39, 0.29) is 11.8 Å². The highest BCUT2D eigenvalue weighted by atomic mass is 127.